The normalized spacial score (nSPS) is 14.2. The van der Waals surface area contributed by atoms with Crippen LogP contribution in [-0.2, 0) is 11.8 Å². The van der Waals surface area contributed by atoms with Gasteiger partial charge in [-0.25, -0.2) is 19.6 Å². The van der Waals surface area contributed by atoms with E-state index in [-0.39, 0.29) is 22.5 Å². The number of hydrogen-bond acceptors (Lipinski definition) is 7. The second-order valence-electron chi connectivity index (χ2n) is 10.5. The van der Waals surface area contributed by atoms with E-state index in [0.29, 0.717) is 33.7 Å². The zero-order chi connectivity index (χ0) is 28.2. The highest BCUT2D eigenvalue weighted by molar-refractivity contribution is 6.15. The summed E-state index contributed by atoms with van der Waals surface area (Å²) >= 11 is 0. The van der Waals surface area contributed by atoms with Crippen LogP contribution < -0.4 is 9.47 Å². The van der Waals surface area contributed by atoms with Gasteiger partial charge in [0, 0.05) is 23.2 Å². The summed E-state index contributed by atoms with van der Waals surface area (Å²) in [5.41, 5.74) is 2.00. The zero-order valence-corrected chi connectivity index (χ0v) is 22.0. The number of aryl methyl sites for hydroxylation is 2. The fraction of sp³-hybridized carbons (Fsp3) is 0.226. The molecule has 1 aliphatic carbocycles. The van der Waals surface area contributed by atoms with Crippen molar-refractivity contribution < 1.29 is 32.3 Å². The summed E-state index contributed by atoms with van der Waals surface area (Å²) in [5, 5.41) is 1.52. The Hall–Kier alpha value is -4.66. The first-order valence-corrected chi connectivity index (χ1v) is 12.8. The molecule has 0 radical (unpaired) electrons. The molecule has 0 fully saturated rings. The first-order chi connectivity index (χ1) is 19.2. The van der Waals surface area contributed by atoms with Crippen molar-refractivity contribution in [3.8, 4) is 11.5 Å². The molecule has 0 saturated heterocycles. The van der Waals surface area contributed by atoms with Gasteiger partial charge in [0.05, 0.1) is 11.6 Å². The highest BCUT2D eigenvalue weighted by atomic mass is 19.1. The largest absolute Gasteiger partial charge is 0.463 e. The van der Waals surface area contributed by atoms with Gasteiger partial charge in [0.25, 0.3) is 0 Å². The Morgan fingerprint density at radius 1 is 0.900 bits per heavy atom. The summed E-state index contributed by atoms with van der Waals surface area (Å²) in [4.78, 5) is 33.7. The molecule has 0 N–H and O–H groups in total. The van der Waals surface area contributed by atoms with E-state index in [1.54, 1.807) is 6.92 Å². The van der Waals surface area contributed by atoms with Gasteiger partial charge in [-0.05, 0) is 72.6 Å². The molecule has 0 bridgehead atoms. The third kappa shape index (κ3) is 4.09. The minimum absolute atomic E-state index is 0.0764. The third-order valence-corrected chi connectivity index (χ3v) is 7.50. The molecule has 6 rings (SSSR count). The molecular formula is C31H24F2N2O5. The number of nitrogens with zero attached hydrogens (tertiary/aromatic N) is 2. The average Bonchev–Trinajstić information content (AvgIpc) is 3.31. The Labute approximate surface area is 227 Å². The molecule has 0 unspecified atom stereocenters. The van der Waals surface area contributed by atoms with E-state index >= 15 is 0 Å². The molecule has 0 spiro atoms. The van der Waals surface area contributed by atoms with Gasteiger partial charge in [-0.15, -0.1) is 0 Å². The predicted molar refractivity (Wildman–Crippen MR) is 143 cm³/mol. The molecule has 5 aromatic rings. The molecule has 7 nitrogen and oxygen atoms in total. The maximum atomic E-state index is 14.5. The van der Waals surface area contributed by atoms with Crippen molar-refractivity contribution in [3.05, 3.63) is 94.8 Å². The lowest BCUT2D eigenvalue weighted by Gasteiger charge is -2.33. The number of hydrogen-bond donors (Lipinski definition) is 0. The van der Waals surface area contributed by atoms with E-state index in [2.05, 4.69) is 23.8 Å². The van der Waals surface area contributed by atoms with Crippen molar-refractivity contribution in [2.24, 2.45) is 0 Å². The van der Waals surface area contributed by atoms with Gasteiger partial charge in [-0.3, -0.25) is 0 Å². The van der Waals surface area contributed by atoms with Crippen LogP contribution in [0.2, 0.25) is 0 Å². The van der Waals surface area contributed by atoms with Crippen molar-refractivity contribution in [3.63, 3.8) is 0 Å². The maximum absolute atomic E-state index is 14.5. The van der Waals surface area contributed by atoms with Crippen LogP contribution in [0.5, 0.6) is 11.5 Å². The van der Waals surface area contributed by atoms with Gasteiger partial charge in [-0.2, -0.15) is 8.78 Å². The number of aromatic nitrogens is 2. The number of rotatable bonds is 4. The van der Waals surface area contributed by atoms with Crippen molar-refractivity contribution >= 4 is 33.7 Å². The lowest BCUT2D eigenvalue weighted by molar-refractivity contribution is 0.0680. The predicted octanol–water partition coefficient (Wildman–Crippen LogP) is 7.01. The van der Waals surface area contributed by atoms with Gasteiger partial charge in [0.2, 0.25) is 11.9 Å². The second kappa shape index (κ2) is 9.51. The number of ether oxygens (including phenoxy) is 2. The van der Waals surface area contributed by atoms with Crippen molar-refractivity contribution in [1.29, 1.82) is 0 Å². The minimum atomic E-state index is -1.04. The molecule has 0 saturated carbocycles. The van der Waals surface area contributed by atoms with Crippen molar-refractivity contribution in [1.82, 2.24) is 9.97 Å². The van der Waals surface area contributed by atoms with Crippen molar-refractivity contribution in [2.75, 3.05) is 0 Å². The molecule has 40 heavy (non-hydrogen) atoms. The fourth-order valence-corrected chi connectivity index (χ4v) is 5.55. The minimum Gasteiger partial charge on any atom is -0.463 e. The highest BCUT2D eigenvalue weighted by Crippen LogP contribution is 2.51. The summed E-state index contributed by atoms with van der Waals surface area (Å²) in [5.74, 6) is -4.28. The van der Waals surface area contributed by atoms with E-state index in [4.69, 9.17) is 13.9 Å². The van der Waals surface area contributed by atoms with E-state index in [1.165, 1.54) is 42.9 Å². The molecule has 0 aliphatic heterocycles. The smallest absolute Gasteiger partial charge is 0.348 e. The topological polar surface area (TPSA) is 91.5 Å². The Morgan fingerprint density at radius 3 is 2.10 bits per heavy atom. The number of fused-ring (bicyclic) bond motifs is 5. The Kier molecular flexibility index (Phi) is 6.09. The highest BCUT2D eigenvalue weighted by Gasteiger charge is 2.34. The summed E-state index contributed by atoms with van der Waals surface area (Å²) in [6.45, 7) is 6.01. The Morgan fingerprint density at radius 2 is 1.50 bits per heavy atom. The van der Waals surface area contributed by atoms with Crippen LogP contribution in [0.3, 0.4) is 0 Å². The molecule has 3 aromatic heterocycles. The Bertz CT molecular complexity index is 1840. The number of carbonyl (C=O) groups excluding carboxylic acids is 2. The number of pyridine rings is 2. The maximum Gasteiger partial charge on any atom is 0.348 e. The molecule has 202 valence electrons. The molecule has 2 aromatic carbocycles. The summed E-state index contributed by atoms with van der Waals surface area (Å²) in [6.07, 6.45) is 6.42. The second-order valence-corrected chi connectivity index (χ2v) is 10.5. The number of esters is 2. The zero-order valence-electron chi connectivity index (χ0n) is 22.0. The van der Waals surface area contributed by atoms with E-state index in [9.17, 15) is 18.4 Å². The van der Waals surface area contributed by atoms with E-state index < -0.39 is 29.4 Å². The molecule has 3 heterocycles. The summed E-state index contributed by atoms with van der Waals surface area (Å²) in [6, 6.07) is 9.25. The third-order valence-electron chi connectivity index (χ3n) is 7.50. The standard InChI is InChI=1S/C31H24F2N2O5/c1-16-15-38-24-18-10-11-21-17(7-4-12-31(21,2)3)23(18)26(40-30(37)20-9-6-14-35-28(20)33)25(22(16)24)39-29(36)19-8-5-13-34-27(19)32/h5-6,8-11,13-15H,4,7,12H2,1-3H3. The van der Waals surface area contributed by atoms with Gasteiger partial charge in [0.1, 0.15) is 16.7 Å². The lowest BCUT2D eigenvalue weighted by Crippen LogP contribution is -2.24. The molecule has 0 amide bonds. The SMILES string of the molecule is Cc1coc2c1c(OC(=O)c1cccnc1F)c(OC(=O)c1cccnc1F)c1c3c(ccc12)C(C)(C)CCC3. The molecule has 1 aliphatic rings. The fourth-order valence-electron chi connectivity index (χ4n) is 5.55. The average molecular weight is 543 g/mol. The van der Waals surface area contributed by atoms with Crippen LogP contribution in [0, 0.1) is 18.8 Å². The van der Waals surface area contributed by atoms with Gasteiger partial charge >= 0.3 is 11.9 Å². The van der Waals surface area contributed by atoms with Crippen molar-refractivity contribution in [2.45, 2.75) is 45.4 Å². The van der Waals surface area contributed by atoms with Gasteiger partial charge < -0.3 is 13.9 Å². The first kappa shape index (κ1) is 25.6. The number of benzene rings is 2. The van der Waals surface area contributed by atoms with Crippen LogP contribution in [0.4, 0.5) is 8.78 Å². The van der Waals surface area contributed by atoms with E-state index in [1.807, 2.05) is 12.1 Å². The Balaban J connectivity index is 1.66. The van der Waals surface area contributed by atoms with Crippen LogP contribution in [0.15, 0.2) is 59.5 Å². The van der Waals surface area contributed by atoms with Crippen LogP contribution in [-0.4, -0.2) is 21.9 Å². The van der Waals surface area contributed by atoms with Gasteiger partial charge in [-0.1, -0.05) is 26.0 Å². The number of carbonyl (C=O) groups is 2. The molecule has 0 atom stereocenters. The van der Waals surface area contributed by atoms with Gasteiger partial charge in [0.15, 0.2) is 11.5 Å². The van der Waals surface area contributed by atoms with E-state index in [0.717, 1.165) is 24.0 Å². The van der Waals surface area contributed by atoms with Crippen LogP contribution in [0.25, 0.3) is 21.7 Å². The summed E-state index contributed by atoms with van der Waals surface area (Å²) in [7, 11) is 0. The monoisotopic (exact) mass is 542 g/mol. The summed E-state index contributed by atoms with van der Waals surface area (Å²) < 4.78 is 46.6. The lowest BCUT2D eigenvalue weighted by atomic mass is 9.71. The first-order valence-electron chi connectivity index (χ1n) is 12.8. The molecular weight excluding hydrogens is 518 g/mol. The van der Waals surface area contributed by atoms with Crippen LogP contribution in [0.1, 0.15) is 64.1 Å². The van der Waals surface area contributed by atoms with Crippen LogP contribution >= 0.6 is 0 Å². The number of halogens is 2. The quantitative estimate of drug-likeness (QED) is 0.137. The molecule has 9 heteroatoms. The number of furan rings is 1.